The second-order valence-electron chi connectivity index (χ2n) is 5.86. The number of nitro groups is 1. The number of piperidine rings is 1. The third kappa shape index (κ3) is 5.22. The Morgan fingerprint density at radius 2 is 2.22 bits per heavy atom. The molecule has 1 aliphatic rings. The van der Waals surface area contributed by atoms with E-state index >= 15 is 0 Å². The number of hydrogen-bond acceptors (Lipinski definition) is 5. The highest BCUT2D eigenvalue weighted by Crippen LogP contribution is 2.25. The van der Waals surface area contributed by atoms with Crippen LogP contribution in [0.4, 0.5) is 10.1 Å². The van der Waals surface area contributed by atoms with Crippen LogP contribution in [0.5, 0.6) is 0 Å². The third-order valence-corrected chi connectivity index (χ3v) is 4.60. The predicted molar refractivity (Wildman–Crippen MR) is 83.9 cm³/mol. The number of hydrogen-bond donors (Lipinski definition) is 1. The lowest BCUT2D eigenvalue weighted by Gasteiger charge is -2.32. The normalized spacial score (nSPS) is 19.7. The van der Waals surface area contributed by atoms with Gasteiger partial charge in [0.25, 0.3) is 5.69 Å². The molecule has 7 nitrogen and oxygen atoms in total. The van der Waals surface area contributed by atoms with Crippen LogP contribution >= 0.6 is 0 Å². The molecule has 2 rings (SSSR count). The molecule has 0 aromatic heterocycles. The number of rotatable bonds is 6. The highest BCUT2D eigenvalue weighted by Gasteiger charge is 2.25. The molecular weight excluding hydrogens is 325 g/mol. The van der Waals surface area contributed by atoms with Gasteiger partial charge >= 0.3 is 0 Å². The minimum Gasteiger partial charge on any atom is -0.298 e. The van der Waals surface area contributed by atoms with Crippen LogP contribution in [-0.2, 0) is 16.6 Å². The van der Waals surface area contributed by atoms with Gasteiger partial charge in [-0.1, -0.05) is 6.07 Å². The lowest BCUT2D eigenvalue weighted by Crippen LogP contribution is -2.40. The molecule has 0 unspecified atom stereocenters. The highest BCUT2D eigenvalue weighted by molar-refractivity contribution is 7.88. The number of sulfonamides is 1. The number of nitro benzene ring substituents is 1. The first-order chi connectivity index (χ1) is 10.8. The van der Waals surface area contributed by atoms with Crippen molar-refractivity contribution in [1.82, 2.24) is 9.62 Å². The number of benzene rings is 1. The summed E-state index contributed by atoms with van der Waals surface area (Å²) >= 11 is 0. The second kappa shape index (κ2) is 7.33. The molecule has 1 saturated heterocycles. The maximum absolute atomic E-state index is 13.9. The molecule has 1 atom stereocenters. The van der Waals surface area contributed by atoms with E-state index in [1.54, 1.807) is 0 Å². The van der Waals surface area contributed by atoms with Crippen LogP contribution < -0.4 is 4.72 Å². The van der Waals surface area contributed by atoms with Gasteiger partial charge in [-0.2, -0.15) is 0 Å². The first kappa shape index (κ1) is 17.8. The molecule has 0 bridgehead atoms. The van der Waals surface area contributed by atoms with Crippen molar-refractivity contribution >= 4 is 15.7 Å². The molecule has 9 heteroatoms. The molecule has 1 aliphatic heterocycles. The highest BCUT2D eigenvalue weighted by atomic mass is 32.2. The van der Waals surface area contributed by atoms with E-state index in [1.165, 1.54) is 18.2 Å². The Bertz CT molecular complexity index is 681. The molecule has 1 N–H and O–H groups in total. The summed E-state index contributed by atoms with van der Waals surface area (Å²) in [6, 6.07) is 3.84. The smallest absolute Gasteiger partial charge is 0.276 e. The predicted octanol–water partition coefficient (Wildman–Crippen LogP) is 1.50. The SMILES string of the molecule is CS(=O)(=O)NC[C@@H]1CCCN(Cc2c(F)cccc2[N+](=O)[O-])C1. The van der Waals surface area contributed by atoms with E-state index in [-0.39, 0.29) is 23.7 Å². The fourth-order valence-corrected chi connectivity index (χ4v) is 3.37. The monoisotopic (exact) mass is 345 g/mol. The van der Waals surface area contributed by atoms with Crippen LogP contribution in [0.25, 0.3) is 0 Å². The molecule has 23 heavy (non-hydrogen) atoms. The summed E-state index contributed by atoms with van der Waals surface area (Å²) in [5, 5.41) is 11.0. The zero-order valence-electron chi connectivity index (χ0n) is 12.9. The van der Waals surface area contributed by atoms with Crippen molar-refractivity contribution in [3.63, 3.8) is 0 Å². The van der Waals surface area contributed by atoms with Crippen LogP contribution in [0.2, 0.25) is 0 Å². The Morgan fingerprint density at radius 3 is 2.87 bits per heavy atom. The van der Waals surface area contributed by atoms with Gasteiger partial charge in [0.1, 0.15) is 5.82 Å². The van der Waals surface area contributed by atoms with Gasteiger partial charge in [0, 0.05) is 25.7 Å². The Morgan fingerprint density at radius 1 is 1.48 bits per heavy atom. The van der Waals surface area contributed by atoms with Gasteiger partial charge in [0.05, 0.1) is 16.7 Å². The van der Waals surface area contributed by atoms with Crippen LogP contribution in [0.15, 0.2) is 18.2 Å². The molecule has 0 aliphatic carbocycles. The summed E-state index contributed by atoms with van der Waals surface area (Å²) in [6.45, 7) is 1.77. The molecule has 1 aromatic carbocycles. The Balaban J connectivity index is 2.05. The third-order valence-electron chi connectivity index (χ3n) is 3.91. The minimum atomic E-state index is -3.24. The van der Waals surface area contributed by atoms with E-state index in [1.807, 2.05) is 4.90 Å². The summed E-state index contributed by atoms with van der Waals surface area (Å²) in [6.07, 6.45) is 2.83. The summed E-state index contributed by atoms with van der Waals surface area (Å²) < 4.78 is 38.7. The fourth-order valence-electron chi connectivity index (χ4n) is 2.83. The van der Waals surface area contributed by atoms with Gasteiger partial charge in [0.2, 0.25) is 10.0 Å². The standard InChI is InChI=1S/C14H20FN3O4S/c1-23(21,22)16-8-11-4-3-7-17(9-11)10-12-13(15)5-2-6-14(12)18(19)20/h2,5-6,11,16H,3-4,7-10H2,1H3/t11-/m0/s1. The number of nitrogens with one attached hydrogen (secondary N) is 1. The van der Waals surface area contributed by atoms with Crippen molar-refractivity contribution < 1.29 is 17.7 Å². The zero-order chi connectivity index (χ0) is 17.0. The molecular formula is C14H20FN3O4S. The molecule has 1 aromatic rings. The Hall–Kier alpha value is -1.58. The van der Waals surface area contributed by atoms with Crippen molar-refractivity contribution in [2.75, 3.05) is 25.9 Å². The fraction of sp³-hybridized carbons (Fsp3) is 0.571. The quantitative estimate of drug-likeness (QED) is 0.623. The van der Waals surface area contributed by atoms with Crippen molar-refractivity contribution in [3.8, 4) is 0 Å². The van der Waals surface area contributed by atoms with Crippen molar-refractivity contribution in [1.29, 1.82) is 0 Å². The molecule has 0 radical (unpaired) electrons. The summed E-state index contributed by atoms with van der Waals surface area (Å²) in [4.78, 5) is 12.4. The van der Waals surface area contributed by atoms with E-state index < -0.39 is 20.8 Å². The average molecular weight is 345 g/mol. The van der Waals surface area contributed by atoms with E-state index in [0.29, 0.717) is 19.6 Å². The van der Waals surface area contributed by atoms with Crippen LogP contribution in [0, 0.1) is 21.8 Å². The first-order valence-electron chi connectivity index (χ1n) is 7.35. The summed E-state index contributed by atoms with van der Waals surface area (Å²) in [5.74, 6) is -0.472. The molecule has 0 saturated carbocycles. The molecule has 0 spiro atoms. The van der Waals surface area contributed by atoms with Crippen LogP contribution in [-0.4, -0.2) is 44.1 Å². The van der Waals surface area contributed by atoms with Gasteiger partial charge in [-0.3, -0.25) is 15.0 Å². The Labute approximate surface area is 134 Å². The number of likely N-dealkylation sites (tertiary alicyclic amines) is 1. The van der Waals surface area contributed by atoms with Crippen molar-refractivity contribution in [2.45, 2.75) is 19.4 Å². The summed E-state index contributed by atoms with van der Waals surface area (Å²) in [5.41, 5.74) is -0.143. The first-order valence-corrected chi connectivity index (χ1v) is 9.24. The van der Waals surface area contributed by atoms with E-state index in [4.69, 9.17) is 0 Å². The van der Waals surface area contributed by atoms with Gasteiger partial charge in [-0.05, 0) is 31.4 Å². The average Bonchev–Trinajstić information content (AvgIpc) is 2.47. The maximum Gasteiger partial charge on any atom is 0.276 e. The van der Waals surface area contributed by atoms with E-state index in [0.717, 1.165) is 19.1 Å². The Kier molecular flexibility index (Phi) is 5.66. The largest absolute Gasteiger partial charge is 0.298 e. The summed E-state index contributed by atoms with van der Waals surface area (Å²) in [7, 11) is -3.24. The molecule has 0 amide bonds. The molecule has 128 valence electrons. The van der Waals surface area contributed by atoms with Crippen LogP contribution in [0.1, 0.15) is 18.4 Å². The second-order valence-corrected chi connectivity index (χ2v) is 7.69. The maximum atomic E-state index is 13.9. The van der Waals surface area contributed by atoms with Gasteiger partial charge in [0.15, 0.2) is 0 Å². The number of nitrogens with zero attached hydrogens (tertiary/aromatic N) is 2. The van der Waals surface area contributed by atoms with Crippen molar-refractivity contribution in [2.24, 2.45) is 5.92 Å². The lowest BCUT2D eigenvalue weighted by atomic mass is 9.97. The van der Waals surface area contributed by atoms with Gasteiger partial charge in [-0.25, -0.2) is 17.5 Å². The molecule has 1 heterocycles. The minimum absolute atomic E-state index is 0.0780. The van der Waals surface area contributed by atoms with Gasteiger partial charge in [-0.15, -0.1) is 0 Å². The van der Waals surface area contributed by atoms with Crippen LogP contribution in [0.3, 0.4) is 0 Å². The van der Waals surface area contributed by atoms with Gasteiger partial charge < -0.3 is 0 Å². The van der Waals surface area contributed by atoms with Crippen molar-refractivity contribution in [3.05, 3.63) is 39.7 Å². The molecule has 1 fully saturated rings. The van der Waals surface area contributed by atoms with E-state index in [9.17, 15) is 22.9 Å². The van der Waals surface area contributed by atoms with E-state index in [2.05, 4.69) is 4.72 Å². The number of halogens is 1. The zero-order valence-corrected chi connectivity index (χ0v) is 13.7. The lowest BCUT2D eigenvalue weighted by molar-refractivity contribution is -0.386. The topological polar surface area (TPSA) is 92.6 Å².